The highest BCUT2D eigenvalue weighted by Gasteiger charge is 2.42. The molecule has 1 aliphatic rings. The lowest BCUT2D eigenvalue weighted by Crippen LogP contribution is -2.29. The van der Waals surface area contributed by atoms with Gasteiger partial charge >= 0.3 is 5.97 Å². The van der Waals surface area contributed by atoms with Gasteiger partial charge in [0.1, 0.15) is 0 Å². The number of anilines is 2. The van der Waals surface area contributed by atoms with Crippen LogP contribution in [0.2, 0.25) is 0 Å². The van der Waals surface area contributed by atoms with E-state index in [1.807, 2.05) is 68.4 Å². The molecule has 2 atom stereocenters. The van der Waals surface area contributed by atoms with E-state index in [9.17, 15) is 9.59 Å². The molecule has 0 spiro atoms. The molecule has 41 heavy (non-hydrogen) atoms. The largest absolute Gasteiger partial charge is 0.465 e. The van der Waals surface area contributed by atoms with Crippen LogP contribution in [0, 0.1) is 20.8 Å². The predicted molar refractivity (Wildman–Crippen MR) is 165 cm³/mol. The van der Waals surface area contributed by atoms with Crippen molar-refractivity contribution in [1.29, 1.82) is 0 Å². The smallest absolute Gasteiger partial charge is 0.337 e. The maximum atomic E-state index is 12.3. The maximum Gasteiger partial charge on any atom is 0.337 e. The summed E-state index contributed by atoms with van der Waals surface area (Å²) in [5, 5.41) is 7.08. The van der Waals surface area contributed by atoms with Crippen LogP contribution in [0.5, 0.6) is 0 Å². The number of carbonyl (C=O) groups is 2. The first-order valence-electron chi connectivity index (χ1n) is 13.5. The molecule has 9 heteroatoms. The van der Waals surface area contributed by atoms with Crippen molar-refractivity contribution in [2.24, 2.45) is 0 Å². The monoisotopic (exact) mass is 567 g/mol. The number of thiocarbonyl (C=S) groups is 1. The van der Waals surface area contributed by atoms with Crippen molar-refractivity contribution in [3.63, 3.8) is 0 Å². The van der Waals surface area contributed by atoms with E-state index in [-0.39, 0.29) is 24.0 Å². The number of amides is 1. The molecule has 8 nitrogen and oxygen atoms in total. The zero-order valence-electron chi connectivity index (χ0n) is 23.8. The summed E-state index contributed by atoms with van der Waals surface area (Å²) in [5.74, 6) is -0.411. The van der Waals surface area contributed by atoms with Gasteiger partial charge in [0.05, 0.1) is 30.5 Å². The van der Waals surface area contributed by atoms with Crippen LogP contribution in [0.3, 0.4) is 0 Å². The predicted octanol–water partition coefficient (Wildman–Crippen LogP) is 6.11. The number of carbonyl (C=O) groups excluding carboxylic acids is 2. The number of hydrogen-bond acceptors (Lipinski definition) is 5. The summed E-state index contributed by atoms with van der Waals surface area (Å²) < 4.78 is 7.09. The molecule has 3 heterocycles. The molecule has 0 unspecified atom stereocenters. The van der Waals surface area contributed by atoms with Crippen LogP contribution < -0.4 is 15.5 Å². The Morgan fingerprint density at radius 2 is 1.83 bits per heavy atom. The van der Waals surface area contributed by atoms with Crippen LogP contribution in [-0.4, -0.2) is 33.6 Å². The van der Waals surface area contributed by atoms with Gasteiger partial charge in [0.15, 0.2) is 5.11 Å². The van der Waals surface area contributed by atoms with Gasteiger partial charge in [0.2, 0.25) is 5.91 Å². The fraction of sp³-hybridized carbons (Fsp3) is 0.250. The number of benzene rings is 2. The molecule has 2 aromatic heterocycles. The van der Waals surface area contributed by atoms with E-state index in [0.717, 1.165) is 45.3 Å². The number of nitrogens with zero attached hydrogens (tertiary/aromatic N) is 3. The van der Waals surface area contributed by atoms with Gasteiger partial charge in [-0.15, -0.1) is 0 Å². The second kappa shape index (κ2) is 11.5. The normalized spacial score (nSPS) is 16.4. The van der Waals surface area contributed by atoms with Gasteiger partial charge < -0.3 is 24.8 Å². The highest BCUT2D eigenvalue weighted by molar-refractivity contribution is 7.80. The number of hydrogen-bond donors (Lipinski definition) is 2. The molecule has 2 aromatic carbocycles. The summed E-state index contributed by atoms with van der Waals surface area (Å²) in [5.41, 5.74) is 7.99. The number of pyridine rings is 1. The summed E-state index contributed by atoms with van der Waals surface area (Å²) in [6.07, 6.45) is 2.20. The number of esters is 1. The van der Waals surface area contributed by atoms with E-state index in [0.29, 0.717) is 17.1 Å². The number of aromatic nitrogens is 2. The van der Waals surface area contributed by atoms with Crippen molar-refractivity contribution >= 4 is 40.6 Å². The zero-order chi connectivity index (χ0) is 29.3. The minimum atomic E-state index is -0.379. The summed E-state index contributed by atoms with van der Waals surface area (Å²) in [6.45, 7) is 7.94. The molecule has 0 radical (unpaired) electrons. The molecule has 2 N–H and O–H groups in total. The molecule has 4 aromatic rings. The molecular formula is C32H33N5O3S. The SMILES string of the molecule is CCC(=O)Nc1ccc(N2C(=S)N[C@H](c3ccccn3)[C@H]2c2cc(C)n(-c3cccc(C(=O)OC)c3)c2C)cc1C. The Hall–Kier alpha value is -4.50. The first-order chi connectivity index (χ1) is 19.7. The van der Waals surface area contributed by atoms with E-state index < -0.39 is 0 Å². The van der Waals surface area contributed by atoms with Crippen molar-refractivity contribution < 1.29 is 14.3 Å². The molecule has 1 aliphatic heterocycles. The Morgan fingerprint density at radius 1 is 1.02 bits per heavy atom. The molecule has 0 saturated carbocycles. The minimum absolute atomic E-state index is 0.0315. The average molecular weight is 568 g/mol. The number of aryl methyl sites for hydroxylation is 2. The van der Waals surface area contributed by atoms with Crippen LogP contribution >= 0.6 is 12.2 Å². The van der Waals surface area contributed by atoms with Gasteiger partial charge in [0, 0.05) is 41.1 Å². The first-order valence-corrected chi connectivity index (χ1v) is 13.9. The van der Waals surface area contributed by atoms with Gasteiger partial charge in [0.25, 0.3) is 0 Å². The summed E-state index contributed by atoms with van der Waals surface area (Å²) in [4.78, 5) is 31.1. The first kappa shape index (κ1) is 28.0. The van der Waals surface area contributed by atoms with Gasteiger partial charge in [-0.3, -0.25) is 9.78 Å². The van der Waals surface area contributed by atoms with E-state index in [1.54, 1.807) is 12.3 Å². The van der Waals surface area contributed by atoms with Gasteiger partial charge in [-0.05, 0) is 98.7 Å². The van der Waals surface area contributed by atoms with Gasteiger partial charge in [-0.1, -0.05) is 19.1 Å². The van der Waals surface area contributed by atoms with Crippen molar-refractivity contribution in [3.8, 4) is 5.69 Å². The third-order valence-electron chi connectivity index (χ3n) is 7.50. The Morgan fingerprint density at radius 3 is 2.51 bits per heavy atom. The summed E-state index contributed by atoms with van der Waals surface area (Å²) in [6, 6.07) is 21.0. The van der Waals surface area contributed by atoms with E-state index in [4.69, 9.17) is 17.0 Å². The van der Waals surface area contributed by atoms with Crippen molar-refractivity contribution in [2.75, 3.05) is 17.3 Å². The second-order valence-corrected chi connectivity index (χ2v) is 10.5. The Bertz CT molecular complexity index is 1630. The Labute approximate surface area is 245 Å². The summed E-state index contributed by atoms with van der Waals surface area (Å²) >= 11 is 5.94. The van der Waals surface area contributed by atoms with E-state index in [1.165, 1.54) is 7.11 Å². The molecule has 1 amide bonds. The number of nitrogens with one attached hydrogen (secondary N) is 2. The highest BCUT2D eigenvalue weighted by atomic mass is 32.1. The lowest BCUT2D eigenvalue weighted by molar-refractivity contribution is -0.115. The van der Waals surface area contributed by atoms with E-state index >= 15 is 0 Å². The molecule has 210 valence electrons. The topological polar surface area (TPSA) is 88.5 Å². The minimum Gasteiger partial charge on any atom is -0.465 e. The summed E-state index contributed by atoms with van der Waals surface area (Å²) in [7, 11) is 1.38. The Kier molecular flexibility index (Phi) is 7.90. The second-order valence-electron chi connectivity index (χ2n) is 10.1. The Balaban J connectivity index is 1.63. The highest BCUT2D eigenvalue weighted by Crippen LogP contribution is 2.44. The van der Waals surface area contributed by atoms with Crippen LogP contribution in [0.25, 0.3) is 5.69 Å². The van der Waals surface area contributed by atoms with Gasteiger partial charge in [-0.2, -0.15) is 0 Å². The molecule has 5 rings (SSSR count). The average Bonchev–Trinajstić information content (AvgIpc) is 3.48. The van der Waals surface area contributed by atoms with Crippen LogP contribution in [-0.2, 0) is 9.53 Å². The fourth-order valence-corrected chi connectivity index (χ4v) is 5.85. The fourth-order valence-electron chi connectivity index (χ4n) is 5.50. The molecular weight excluding hydrogens is 534 g/mol. The van der Waals surface area contributed by atoms with Crippen LogP contribution in [0.4, 0.5) is 11.4 Å². The molecule has 0 bridgehead atoms. The maximum absolute atomic E-state index is 12.3. The lowest BCUT2D eigenvalue weighted by Gasteiger charge is -2.29. The number of ether oxygens (including phenoxy) is 1. The van der Waals surface area contributed by atoms with Crippen LogP contribution in [0.15, 0.2) is 72.9 Å². The standard InChI is InChI=1S/C32H33N5O3S/c1-6-28(38)34-26-14-13-24(16-19(26)2)37-30(29(35-32(37)41)27-12-7-8-15-33-27)25-17-20(3)36(21(25)4)23-11-9-10-22(18-23)31(39)40-5/h7-18,29-30H,6H2,1-5H3,(H,34,38)(H,35,41)/t29-,30-/m1/s1. The quantitative estimate of drug-likeness (QED) is 0.206. The van der Waals surface area contributed by atoms with Crippen molar-refractivity contribution in [1.82, 2.24) is 14.9 Å². The zero-order valence-corrected chi connectivity index (χ0v) is 24.6. The van der Waals surface area contributed by atoms with Crippen molar-refractivity contribution in [2.45, 2.75) is 46.2 Å². The van der Waals surface area contributed by atoms with Gasteiger partial charge in [-0.25, -0.2) is 4.79 Å². The third kappa shape index (κ3) is 5.32. The molecule has 1 saturated heterocycles. The molecule has 1 fully saturated rings. The van der Waals surface area contributed by atoms with Crippen LogP contribution in [0.1, 0.15) is 64.0 Å². The third-order valence-corrected chi connectivity index (χ3v) is 7.81. The van der Waals surface area contributed by atoms with Crippen molar-refractivity contribution in [3.05, 3.63) is 107 Å². The number of rotatable bonds is 7. The number of methoxy groups -OCH3 is 1. The van der Waals surface area contributed by atoms with E-state index in [2.05, 4.69) is 45.0 Å². The molecule has 0 aliphatic carbocycles. The lowest BCUT2D eigenvalue weighted by atomic mass is 9.96.